The van der Waals surface area contributed by atoms with Crippen LogP contribution < -0.4 is 0 Å². The van der Waals surface area contributed by atoms with Crippen molar-refractivity contribution >= 4 is 36.9 Å². The minimum Gasteiger partial charge on any atom is -0.450 e. The second-order valence-corrected chi connectivity index (χ2v) is 10.6. The average Bonchev–Trinajstić information content (AvgIpc) is 3.11. The minimum atomic E-state index is -0.690. The number of benzene rings is 2. The number of likely N-dealkylation sites (tertiary alicyclic amines) is 2. The van der Waals surface area contributed by atoms with Crippen LogP contribution in [0, 0.1) is 5.41 Å². The Hall–Kier alpha value is -1.85. The summed E-state index contributed by atoms with van der Waals surface area (Å²) in [7, 11) is 2.21. The number of piperidine rings is 1. The molecule has 2 saturated heterocycles. The number of carbonyl (C=O) groups is 1. The van der Waals surface area contributed by atoms with Crippen LogP contribution >= 0.6 is 24.8 Å². The Morgan fingerprint density at radius 2 is 1.56 bits per heavy atom. The van der Waals surface area contributed by atoms with Crippen LogP contribution in [-0.2, 0) is 15.1 Å². The fraction of sp³-hybridized carbons (Fsp3) is 0.500. The molecule has 2 aromatic rings. The van der Waals surface area contributed by atoms with Crippen LogP contribution in [0.1, 0.15) is 57.1 Å². The maximum Gasteiger partial charge on any atom is 0.331 e. The molecule has 0 bridgehead atoms. The molecule has 0 spiro atoms. The zero-order valence-electron chi connectivity index (χ0n) is 21.9. The summed E-state index contributed by atoms with van der Waals surface area (Å²) >= 11 is 0. The number of rotatable bonds is 6. The van der Waals surface area contributed by atoms with Gasteiger partial charge in [0.1, 0.15) is 5.60 Å². The monoisotopic (exact) mass is 532 g/mol. The molecule has 4 nitrogen and oxygen atoms in total. The predicted octanol–water partition coefficient (Wildman–Crippen LogP) is 6.59. The SMILES string of the molecule is CC1CC(OC(=O)/C=C/c2ccccc2)(c2ccccc2)C(C)(CN2CCCCCC2)CN1C.Cl.Cl. The van der Waals surface area contributed by atoms with Gasteiger partial charge in [-0.3, -0.25) is 0 Å². The van der Waals surface area contributed by atoms with E-state index in [2.05, 4.69) is 55.0 Å². The first-order chi connectivity index (χ1) is 16.4. The average molecular weight is 534 g/mol. The molecule has 36 heavy (non-hydrogen) atoms. The molecule has 4 rings (SSSR count). The van der Waals surface area contributed by atoms with Gasteiger partial charge in [0.15, 0.2) is 0 Å². The van der Waals surface area contributed by atoms with Crippen molar-refractivity contribution in [1.82, 2.24) is 9.80 Å². The van der Waals surface area contributed by atoms with Crippen molar-refractivity contribution in [2.24, 2.45) is 5.41 Å². The van der Waals surface area contributed by atoms with Crippen LogP contribution in [0.25, 0.3) is 6.08 Å². The van der Waals surface area contributed by atoms with Crippen molar-refractivity contribution in [3.05, 3.63) is 77.9 Å². The molecule has 6 heteroatoms. The lowest BCUT2D eigenvalue weighted by Gasteiger charge is -2.56. The Bertz CT molecular complexity index is 963. The van der Waals surface area contributed by atoms with E-state index in [1.165, 1.54) is 25.7 Å². The lowest BCUT2D eigenvalue weighted by molar-refractivity contribution is -0.196. The summed E-state index contributed by atoms with van der Waals surface area (Å²) in [5.74, 6) is -0.272. The van der Waals surface area contributed by atoms with Crippen molar-refractivity contribution in [1.29, 1.82) is 0 Å². The van der Waals surface area contributed by atoms with Crippen LogP contribution in [0.3, 0.4) is 0 Å². The van der Waals surface area contributed by atoms with Gasteiger partial charge in [0, 0.05) is 37.0 Å². The van der Waals surface area contributed by atoms with Crippen molar-refractivity contribution in [2.75, 3.05) is 33.2 Å². The fourth-order valence-electron chi connectivity index (χ4n) is 5.95. The van der Waals surface area contributed by atoms with Crippen LogP contribution in [0.2, 0.25) is 0 Å². The maximum atomic E-state index is 13.4. The number of esters is 1. The van der Waals surface area contributed by atoms with E-state index in [0.717, 1.165) is 43.7 Å². The van der Waals surface area contributed by atoms with E-state index in [4.69, 9.17) is 4.74 Å². The number of carbonyl (C=O) groups excluding carboxylic acids is 1. The summed E-state index contributed by atoms with van der Waals surface area (Å²) in [5, 5.41) is 0. The normalized spacial score (nSPS) is 27.5. The Morgan fingerprint density at radius 1 is 0.972 bits per heavy atom. The molecule has 2 heterocycles. The number of hydrogen-bond acceptors (Lipinski definition) is 4. The van der Waals surface area contributed by atoms with Crippen LogP contribution in [0.4, 0.5) is 0 Å². The van der Waals surface area contributed by atoms with Gasteiger partial charge in [-0.1, -0.05) is 80.4 Å². The highest BCUT2D eigenvalue weighted by Gasteiger charge is 2.57. The van der Waals surface area contributed by atoms with Crippen molar-refractivity contribution in [3.63, 3.8) is 0 Å². The third-order valence-electron chi connectivity index (χ3n) is 7.91. The third kappa shape index (κ3) is 6.92. The molecule has 2 aliphatic rings. The number of halogens is 2. The van der Waals surface area contributed by atoms with Gasteiger partial charge in [-0.25, -0.2) is 4.79 Å². The quantitative estimate of drug-likeness (QED) is 0.310. The first kappa shape index (κ1) is 30.4. The van der Waals surface area contributed by atoms with E-state index in [1.54, 1.807) is 6.08 Å². The van der Waals surface area contributed by atoms with E-state index < -0.39 is 5.60 Å². The second kappa shape index (κ2) is 13.6. The van der Waals surface area contributed by atoms with Gasteiger partial charge in [-0.15, -0.1) is 24.8 Å². The second-order valence-electron chi connectivity index (χ2n) is 10.6. The van der Waals surface area contributed by atoms with Gasteiger partial charge < -0.3 is 14.5 Å². The van der Waals surface area contributed by atoms with Gasteiger partial charge in [0.2, 0.25) is 0 Å². The molecule has 0 N–H and O–H groups in total. The molecule has 0 saturated carbocycles. The van der Waals surface area contributed by atoms with Gasteiger partial charge in [0.25, 0.3) is 0 Å². The summed E-state index contributed by atoms with van der Waals surface area (Å²) in [6.07, 6.45) is 9.35. The van der Waals surface area contributed by atoms with Crippen molar-refractivity contribution < 1.29 is 9.53 Å². The van der Waals surface area contributed by atoms with Crippen LogP contribution in [0.5, 0.6) is 0 Å². The van der Waals surface area contributed by atoms with Crippen molar-refractivity contribution in [2.45, 2.75) is 57.6 Å². The van der Waals surface area contributed by atoms with Gasteiger partial charge >= 0.3 is 5.97 Å². The van der Waals surface area contributed by atoms with E-state index >= 15 is 0 Å². The molecule has 0 aliphatic carbocycles. The standard InChI is InChI=1S/C30H40N2O2.2ClH/c1-25-22-30(27-16-10-7-11-17-27,34-28(33)19-18-26-14-8-6-9-15-26)29(2,23-31(25)3)24-32-20-12-4-5-13-21-32;;/h6-11,14-19,25H,4-5,12-13,20-24H2,1-3H3;2*1H/b19-18+;;. The topological polar surface area (TPSA) is 32.8 Å². The first-order valence-corrected chi connectivity index (χ1v) is 12.9. The zero-order chi connectivity index (χ0) is 24.0. The Morgan fingerprint density at radius 3 is 2.17 bits per heavy atom. The van der Waals surface area contributed by atoms with Crippen LogP contribution in [-0.4, -0.2) is 55.0 Å². The molecule has 3 atom stereocenters. The van der Waals surface area contributed by atoms with E-state index in [0.29, 0.717) is 6.04 Å². The molecule has 2 fully saturated rings. The first-order valence-electron chi connectivity index (χ1n) is 12.9. The number of ether oxygens (including phenoxy) is 1. The lowest BCUT2D eigenvalue weighted by atomic mass is 9.63. The zero-order valence-corrected chi connectivity index (χ0v) is 23.5. The summed E-state index contributed by atoms with van der Waals surface area (Å²) in [5.41, 5.74) is 1.17. The molecule has 3 unspecified atom stereocenters. The predicted molar refractivity (Wildman–Crippen MR) is 154 cm³/mol. The van der Waals surface area contributed by atoms with Crippen LogP contribution in [0.15, 0.2) is 66.7 Å². The molecule has 0 aromatic heterocycles. The van der Waals surface area contributed by atoms with E-state index in [9.17, 15) is 4.79 Å². The highest BCUT2D eigenvalue weighted by molar-refractivity contribution is 5.87. The van der Waals surface area contributed by atoms with E-state index in [-0.39, 0.29) is 36.2 Å². The molecule has 2 aromatic carbocycles. The Labute approximate surface area is 229 Å². The summed E-state index contributed by atoms with van der Waals surface area (Å²) in [6, 6.07) is 20.7. The third-order valence-corrected chi connectivity index (χ3v) is 7.91. The molecule has 0 amide bonds. The smallest absolute Gasteiger partial charge is 0.331 e. The highest BCUT2D eigenvalue weighted by atomic mass is 35.5. The Balaban J connectivity index is 0.00000228. The van der Waals surface area contributed by atoms with Gasteiger partial charge in [-0.05, 0) is 57.1 Å². The lowest BCUT2D eigenvalue weighted by Crippen LogP contribution is -2.63. The molecular formula is C30H42Cl2N2O2. The Kier molecular flexibility index (Phi) is 11.5. The summed E-state index contributed by atoms with van der Waals surface area (Å²) < 4.78 is 6.61. The maximum absolute atomic E-state index is 13.4. The number of nitrogens with zero attached hydrogens (tertiary/aromatic N) is 2. The van der Waals surface area contributed by atoms with E-state index in [1.807, 2.05) is 42.5 Å². The minimum absolute atomic E-state index is 0. The molecule has 0 radical (unpaired) electrons. The summed E-state index contributed by atoms with van der Waals surface area (Å²) in [4.78, 5) is 18.4. The molecule has 198 valence electrons. The number of hydrogen-bond donors (Lipinski definition) is 0. The largest absolute Gasteiger partial charge is 0.450 e. The molecule has 2 aliphatic heterocycles. The van der Waals surface area contributed by atoms with Gasteiger partial charge in [-0.2, -0.15) is 0 Å². The fourth-order valence-corrected chi connectivity index (χ4v) is 5.95. The van der Waals surface area contributed by atoms with Crippen molar-refractivity contribution in [3.8, 4) is 0 Å². The molecular weight excluding hydrogens is 491 g/mol. The summed E-state index contributed by atoms with van der Waals surface area (Å²) in [6.45, 7) is 8.64. The van der Waals surface area contributed by atoms with Gasteiger partial charge in [0.05, 0.1) is 0 Å². The highest BCUT2D eigenvalue weighted by Crippen LogP contribution is 2.51.